The Morgan fingerprint density at radius 2 is 1.62 bits per heavy atom. The van der Waals surface area contributed by atoms with E-state index in [0.29, 0.717) is 17.0 Å². The normalized spacial score (nSPS) is 11.0. The van der Waals surface area contributed by atoms with Crippen LogP contribution in [0.4, 0.5) is 5.69 Å². The number of ketones is 1. The zero-order valence-corrected chi connectivity index (χ0v) is 14.5. The number of carbonyl (C=O) groups excluding carboxylic acids is 2. The third-order valence-electron chi connectivity index (χ3n) is 4.58. The summed E-state index contributed by atoms with van der Waals surface area (Å²) in [4.78, 5) is 24.0. The molecule has 4 heteroatoms. The van der Waals surface area contributed by atoms with E-state index in [9.17, 15) is 9.59 Å². The van der Waals surface area contributed by atoms with E-state index in [1.807, 2.05) is 43.3 Å². The highest BCUT2D eigenvalue weighted by Crippen LogP contribution is 2.32. The molecule has 1 heterocycles. The monoisotopic (exact) mass is 343 g/mol. The Hall–Kier alpha value is -3.40. The lowest BCUT2D eigenvalue weighted by Crippen LogP contribution is -2.12. The fraction of sp³-hybridized carbons (Fsp3) is 0.0909. The zero-order valence-electron chi connectivity index (χ0n) is 14.5. The Balaban J connectivity index is 1.71. The highest BCUT2D eigenvalue weighted by atomic mass is 16.3. The predicted molar refractivity (Wildman–Crippen MR) is 103 cm³/mol. The van der Waals surface area contributed by atoms with Crippen molar-refractivity contribution >= 4 is 39.1 Å². The van der Waals surface area contributed by atoms with Crippen LogP contribution in [-0.2, 0) is 0 Å². The molecule has 1 amide bonds. The summed E-state index contributed by atoms with van der Waals surface area (Å²) in [5.74, 6) is -0.0202. The van der Waals surface area contributed by atoms with Crippen LogP contribution in [0.3, 0.4) is 0 Å². The van der Waals surface area contributed by atoms with Crippen LogP contribution in [0.25, 0.3) is 21.7 Å². The number of Topliss-reactive ketones (excluding diaryl/α,β-unsaturated/α-hetero) is 1. The van der Waals surface area contributed by atoms with E-state index in [1.54, 1.807) is 24.3 Å². The molecule has 0 bridgehead atoms. The van der Waals surface area contributed by atoms with Gasteiger partial charge in [0.05, 0.1) is 0 Å². The fourth-order valence-corrected chi connectivity index (χ4v) is 3.14. The van der Waals surface area contributed by atoms with Gasteiger partial charge in [0, 0.05) is 27.6 Å². The first-order chi connectivity index (χ1) is 12.5. The van der Waals surface area contributed by atoms with Crippen LogP contribution in [0.1, 0.15) is 33.4 Å². The van der Waals surface area contributed by atoms with Gasteiger partial charge in [-0.1, -0.05) is 36.4 Å². The molecule has 1 N–H and O–H groups in total. The number of nitrogens with one attached hydrogen (secondary N) is 1. The lowest BCUT2D eigenvalue weighted by Gasteiger charge is -2.04. The van der Waals surface area contributed by atoms with Crippen LogP contribution < -0.4 is 5.32 Å². The van der Waals surface area contributed by atoms with Gasteiger partial charge in [0.1, 0.15) is 5.58 Å². The summed E-state index contributed by atoms with van der Waals surface area (Å²) in [6.07, 6.45) is 0. The molecule has 0 saturated heterocycles. The summed E-state index contributed by atoms with van der Waals surface area (Å²) in [6.45, 7) is 3.39. The van der Waals surface area contributed by atoms with Crippen LogP contribution in [0.2, 0.25) is 0 Å². The van der Waals surface area contributed by atoms with E-state index >= 15 is 0 Å². The lowest BCUT2D eigenvalue weighted by molar-refractivity contribution is 0.0995. The van der Waals surface area contributed by atoms with Crippen LogP contribution in [0.5, 0.6) is 0 Å². The molecule has 128 valence electrons. The number of hydrogen-bond donors (Lipinski definition) is 1. The number of furan rings is 1. The topological polar surface area (TPSA) is 59.3 Å². The molecule has 26 heavy (non-hydrogen) atoms. The van der Waals surface area contributed by atoms with E-state index in [1.165, 1.54) is 6.92 Å². The largest absolute Gasteiger partial charge is 0.450 e. The number of fused-ring (bicyclic) bond motifs is 3. The first-order valence-corrected chi connectivity index (χ1v) is 8.38. The van der Waals surface area contributed by atoms with Crippen molar-refractivity contribution in [3.8, 4) is 0 Å². The van der Waals surface area contributed by atoms with Crippen molar-refractivity contribution in [1.29, 1.82) is 0 Å². The standard InChI is InChI=1S/C22H17NO3/c1-13-18-12-9-16-5-3-4-6-19(16)21(18)26-20(13)22(25)23-17-10-7-15(8-11-17)14(2)24/h3-12H,1-2H3,(H,23,25). The number of amides is 1. The molecule has 4 nitrogen and oxygen atoms in total. The summed E-state index contributed by atoms with van der Waals surface area (Å²) in [5.41, 5.74) is 2.75. The number of carbonyl (C=O) groups is 2. The molecule has 0 aliphatic rings. The van der Waals surface area contributed by atoms with Gasteiger partial charge in [0.2, 0.25) is 0 Å². The molecule has 3 aromatic carbocycles. The molecule has 0 fully saturated rings. The number of benzene rings is 3. The quantitative estimate of drug-likeness (QED) is 0.510. The Labute approximate surface area is 150 Å². The van der Waals surface area contributed by atoms with E-state index < -0.39 is 0 Å². The Kier molecular flexibility index (Phi) is 3.81. The average Bonchev–Trinajstić information content (AvgIpc) is 2.99. The van der Waals surface area contributed by atoms with Crippen molar-refractivity contribution in [2.24, 2.45) is 0 Å². The molecule has 4 rings (SSSR count). The molecule has 4 aromatic rings. The van der Waals surface area contributed by atoms with Gasteiger partial charge in [0.15, 0.2) is 11.5 Å². The van der Waals surface area contributed by atoms with Gasteiger partial charge >= 0.3 is 0 Å². The molecular weight excluding hydrogens is 326 g/mol. The summed E-state index contributed by atoms with van der Waals surface area (Å²) in [5, 5.41) is 5.82. The molecule has 0 aliphatic heterocycles. The van der Waals surface area contributed by atoms with Gasteiger partial charge in [-0.3, -0.25) is 9.59 Å². The molecule has 0 saturated carbocycles. The van der Waals surface area contributed by atoms with E-state index in [2.05, 4.69) is 5.32 Å². The first kappa shape index (κ1) is 16.1. The van der Waals surface area contributed by atoms with Crippen molar-refractivity contribution in [2.45, 2.75) is 13.8 Å². The second-order valence-electron chi connectivity index (χ2n) is 6.31. The smallest absolute Gasteiger partial charge is 0.291 e. The van der Waals surface area contributed by atoms with Crippen LogP contribution in [-0.4, -0.2) is 11.7 Å². The zero-order chi connectivity index (χ0) is 18.3. The van der Waals surface area contributed by atoms with Crippen molar-refractivity contribution in [1.82, 2.24) is 0 Å². The summed E-state index contributed by atoms with van der Waals surface area (Å²) >= 11 is 0. The second kappa shape index (κ2) is 6.15. The van der Waals surface area contributed by atoms with Crippen molar-refractivity contribution in [2.75, 3.05) is 5.32 Å². The molecule has 0 radical (unpaired) electrons. The second-order valence-corrected chi connectivity index (χ2v) is 6.31. The summed E-state index contributed by atoms with van der Waals surface area (Å²) < 4.78 is 5.94. The molecule has 0 atom stereocenters. The Morgan fingerprint density at radius 3 is 2.35 bits per heavy atom. The fourth-order valence-electron chi connectivity index (χ4n) is 3.14. The van der Waals surface area contributed by atoms with Crippen molar-refractivity contribution < 1.29 is 14.0 Å². The van der Waals surface area contributed by atoms with Crippen molar-refractivity contribution in [3.63, 3.8) is 0 Å². The molecule has 0 unspecified atom stereocenters. The minimum Gasteiger partial charge on any atom is -0.450 e. The maximum absolute atomic E-state index is 12.7. The van der Waals surface area contributed by atoms with Crippen LogP contribution in [0, 0.1) is 6.92 Å². The van der Waals surface area contributed by atoms with Gasteiger partial charge in [-0.25, -0.2) is 0 Å². The lowest BCUT2D eigenvalue weighted by atomic mass is 10.1. The van der Waals surface area contributed by atoms with Crippen LogP contribution >= 0.6 is 0 Å². The van der Waals surface area contributed by atoms with Crippen molar-refractivity contribution in [3.05, 3.63) is 77.6 Å². The Bertz CT molecular complexity index is 1150. The predicted octanol–water partition coefficient (Wildman–Crippen LogP) is 5.35. The molecule has 0 spiro atoms. The minimum atomic E-state index is -0.307. The van der Waals surface area contributed by atoms with Gasteiger partial charge in [0.25, 0.3) is 5.91 Å². The minimum absolute atomic E-state index is 0.0112. The molecule has 0 aliphatic carbocycles. The van der Waals surface area contributed by atoms with Gasteiger partial charge in [-0.05, 0) is 43.5 Å². The Morgan fingerprint density at radius 1 is 0.885 bits per heavy atom. The van der Waals surface area contributed by atoms with E-state index in [0.717, 1.165) is 27.3 Å². The highest BCUT2D eigenvalue weighted by Gasteiger charge is 2.19. The van der Waals surface area contributed by atoms with Crippen LogP contribution in [0.15, 0.2) is 65.1 Å². The summed E-state index contributed by atoms with van der Waals surface area (Å²) in [6, 6.07) is 18.7. The number of hydrogen-bond acceptors (Lipinski definition) is 3. The van der Waals surface area contributed by atoms with E-state index in [4.69, 9.17) is 4.42 Å². The third-order valence-corrected chi connectivity index (χ3v) is 4.58. The van der Waals surface area contributed by atoms with E-state index in [-0.39, 0.29) is 11.7 Å². The average molecular weight is 343 g/mol. The summed E-state index contributed by atoms with van der Waals surface area (Å²) in [7, 11) is 0. The maximum atomic E-state index is 12.7. The molecular formula is C22H17NO3. The number of rotatable bonds is 3. The van der Waals surface area contributed by atoms with Gasteiger partial charge in [-0.15, -0.1) is 0 Å². The molecule has 1 aromatic heterocycles. The highest BCUT2D eigenvalue weighted by molar-refractivity contribution is 6.11. The third kappa shape index (κ3) is 2.65. The first-order valence-electron chi connectivity index (χ1n) is 8.38. The van der Waals surface area contributed by atoms with Gasteiger partial charge < -0.3 is 9.73 Å². The maximum Gasteiger partial charge on any atom is 0.291 e. The number of aryl methyl sites for hydroxylation is 1. The number of anilines is 1. The SMILES string of the molecule is CC(=O)c1ccc(NC(=O)c2oc3c(ccc4ccccc43)c2C)cc1. The van der Waals surface area contributed by atoms with Gasteiger partial charge in [-0.2, -0.15) is 0 Å².